The van der Waals surface area contributed by atoms with E-state index in [9.17, 15) is 0 Å². The molecule has 94 valence electrons. The van der Waals surface area contributed by atoms with Gasteiger partial charge in [0.05, 0.1) is 18.8 Å². The van der Waals surface area contributed by atoms with E-state index in [1.807, 2.05) is 0 Å². The average Bonchev–Trinajstić information content (AvgIpc) is 2.28. The molecule has 1 aliphatic rings. The Morgan fingerprint density at radius 2 is 2.18 bits per heavy atom. The van der Waals surface area contributed by atoms with Crippen molar-refractivity contribution in [3.8, 4) is 0 Å². The molecule has 0 N–H and O–H groups in total. The summed E-state index contributed by atoms with van der Waals surface area (Å²) in [4.78, 5) is 2.42. The third kappa shape index (κ3) is 2.58. The number of benzene rings is 1. The molecule has 2 nitrogen and oxygen atoms in total. The van der Waals surface area contributed by atoms with Crippen molar-refractivity contribution in [3.63, 3.8) is 0 Å². The number of alkyl halides is 1. The fourth-order valence-corrected chi connectivity index (χ4v) is 2.63. The molecule has 0 amide bonds. The molecule has 0 aromatic heterocycles. The zero-order chi connectivity index (χ0) is 12.5. The molecule has 0 saturated carbocycles. The van der Waals surface area contributed by atoms with E-state index in [2.05, 4.69) is 43.9 Å². The number of ether oxygens (including phenoxy) is 1. The van der Waals surface area contributed by atoms with Gasteiger partial charge in [0.1, 0.15) is 0 Å². The van der Waals surface area contributed by atoms with Gasteiger partial charge in [-0.2, -0.15) is 0 Å². The number of hydrogen-bond donors (Lipinski definition) is 0. The summed E-state index contributed by atoms with van der Waals surface area (Å²) >= 11 is 5.89. The average molecular weight is 254 g/mol. The minimum Gasteiger partial charge on any atom is -0.377 e. The van der Waals surface area contributed by atoms with Gasteiger partial charge in [-0.15, -0.1) is 11.6 Å². The number of rotatable bonds is 2. The maximum absolute atomic E-state index is 5.89. The van der Waals surface area contributed by atoms with Crippen molar-refractivity contribution < 1.29 is 4.74 Å². The van der Waals surface area contributed by atoms with Crippen LogP contribution in [0.2, 0.25) is 0 Å². The van der Waals surface area contributed by atoms with Crippen LogP contribution in [0.25, 0.3) is 0 Å². The van der Waals surface area contributed by atoms with Crippen LogP contribution in [-0.2, 0) is 10.6 Å². The Morgan fingerprint density at radius 1 is 1.41 bits per heavy atom. The maximum atomic E-state index is 5.89. The quantitative estimate of drug-likeness (QED) is 0.750. The summed E-state index contributed by atoms with van der Waals surface area (Å²) in [6.45, 7) is 9.10. The van der Waals surface area contributed by atoms with Gasteiger partial charge in [0, 0.05) is 18.1 Å². The molecule has 0 unspecified atom stereocenters. The first-order chi connectivity index (χ1) is 8.04. The van der Waals surface area contributed by atoms with Gasteiger partial charge in [0.2, 0.25) is 0 Å². The molecule has 1 aromatic carbocycles. The molecular formula is C14H20ClNO. The first-order valence-corrected chi connectivity index (χ1v) is 6.59. The van der Waals surface area contributed by atoms with Crippen LogP contribution in [0.1, 0.15) is 25.0 Å². The molecule has 0 radical (unpaired) electrons. The molecule has 17 heavy (non-hydrogen) atoms. The summed E-state index contributed by atoms with van der Waals surface area (Å²) in [5.41, 5.74) is 3.80. The number of anilines is 1. The number of halogens is 1. The predicted molar refractivity (Wildman–Crippen MR) is 73.0 cm³/mol. The van der Waals surface area contributed by atoms with Crippen LogP contribution in [0.3, 0.4) is 0 Å². The first-order valence-electron chi connectivity index (χ1n) is 6.05. The smallest absolute Gasteiger partial charge is 0.0694 e. The number of morpholine rings is 1. The van der Waals surface area contributed by atoms with E-state index in [1.165, 1.54) is 16.8 Å². The Balaban J connectivity index is 2.30. The van der Waals surface area contributed by atoms with Crippen LogP contribution in [0.15, 0.2) is 18.2 Å². The van der Waals surface area contributed by atoms with Crippen LogP contribution >= 0.6 is 11.6 Å². The number of aryl methyl sites for hydroxylation is 1. The zero-order valence-corrected chi connectivity index (χ0v) is 11.5. The molecule has 0 atom stereocenters. The Bertz CT molecular complexity index is 403. The van der Waals surface area contributed by atoms with E-state index in [0.29, 0.717) is 5.88 Å². The molecule has 3 heteroatoms. The highest BCUT2D eigenvalue weighted by Crippen LogP contribution is 2.28. The monoisotopic (exact) mass is 253 g/mol. The lowest BCUT2D eigenvalue weighted by molar-refractivity contribution is 0.0644. The third-order valence-corrected chi connectivity index (χ3v) is 3.71. The molecule has 1 aromatic rings. The van der Waals surface area contributed by atoms with E-state index < -0.39 is 0 Å². The molecule has 0 aliphatic carbocycles. The highest BCUT2D eigenvalue weighted by molar-refractivity contribution is 6.17. The minimum absolute atomic E-state index is 0.0627. The van der Waals surface area contributed by atoms with E-state index in [1.54, 1.807) is 0 Å². The summed E-state index contributed by atoms with van der Waals surface area (Å²) in [6.07, 6.45) is 0. The van der Waals surface area contributed by atoms with Crippen molar-refractivity contribution in [2.45, 2.75) is 32.2 Å². The van der Waals surface area contributed by atoms with Crippen molar-refractivity contribution in [2.24, 2.45) is 0 Å². The topological polar surface area (TPSA) is 12.5 Å². The second-order valence-electron chi connectivity index (χ2n) is 5.26. The lowest BCUT2D eigenvalue weighted by atomic mass is 10.00. The molecule has 0 spiro atoms. The van der Waals surface area contributed by atoms with Crippen molar-refractivity contribution in [1.82, 2.24) is 0 Å². The Morgan fingerprint density at radius 3 is 2.76 bits per heavy atom. The van der Waals surface area contributed by atoms with Gasteiger partial charge in [-0.25, -0.2) is 0 Å². The van der Waals surface area contributed by atoms with Crippen molar-refractivity contribution in [3.05, 3.63) is 29.3 Å². The first kappa shape index (κ1) is 12.7. The zero-order valence-electron chi connectivity index (χ0n) is 10.8. The van der Waals surface area contributed by atoms with Crippen molar-refractivity contribution in [2.75, 3.05) is 24.7 Å². The second kappa shape index (κ2) is 4.87. The third-order valence-electron chi connectivity index (χ3n) is 3.43. The molecule has 1 heterocycles. The van der Waals surface area contributed by atoms with Crippen LogP contribution in [0, 0.1) is 6.92 Å². The van der Waals surface area contributed by atoms with Crippen LogP contribution < -0.4 is 4.90 Å². The lowest BCUT2D eigenvalue weighted by Gasteiger charge is -2.44. The van der Waals surface area contributed by atoms with Crippen LogP contribution in [0.5, 0.6) is 0 Å². The Labute approximate surface area is 109 Å². The van der Waals surface area contributed by atoms with Gasteiger partial charge in [-0.1, -0.05) is 6.07 Å². The van der Waals surface area contributed by atoms with Crippen LogP contribution in [0.4, 0.5) is 5.69 Å². The van der Waals surface area contributed by atoms with E-state index in [0.717, 1.165) is 19.8 Å². The fraction of sp³-hybridized carbons (Fsp3) is 0.571. The fourth-order valence-electron chi connectivity index (χ4n) is 2.33. The highest BCUT2D eigenvalue weighted by Gasteiger charge is 2.30. The second-order valence-corrected chi connectivity index (χ2v) is 5.53. The Hall–Kier alpha value is -0.730. The summed E-state index contributed by atoms with van der Waals surface area (Å²) in [5.74, 6) is 0.582. The van der Waals surface area contributed by atoms with Crippen molar-refractivity contribution >= 4 is 17.3 Å². The van der Waals surface area contributed by atoms with Gasteiger partial charge in [-0.3, -0.25) is 0 Å². The molecule has 1 fully saturated rings. The SMILES string of the molecule is Cc1cc(N2CCOCC2(C)C)ccc1CCl. The van der Waals surface area contributed by atoms with E-state index >= 15 is 0 Å². The largest absolute Gasteiger partial charge is 0.377 e. The van der Waals surface area contributed by atoms with Gasteiger partial charge in [0.15, 0.2) is 0 Å². The van der Waals surface area contributed by atoms with Gasteiger partial charge < -0.3 is 9.64 Å². The van der Waals surface area contributed by atoms with Crippen LogP contribution in [-0.4, -0.2) is 25.3 Å². The molecule has 2 rings (SSSR count). The number of nitrogens with zero attached hydrogens (tertiary/aromatic N) is 1. The normalized spacial score (nSPS) is 19.4. The lowest BCUT2D eigenvalue weighted by Crippen LogP contribution is -2.53. The number of hydrogen-bond acceptors (Lipinski definition) is 2. The molecular weight excluding hydrogens is 234 g/mol. The minimum atomic E-state index is 0.0627. The summed E-state index contributed by atoms with van der Waals surface area (Å²) in [6, 6.07) is 6.52. The van der Waals surface area contributed by atoms with Crippen molar-refractivity contribution in [1.29, 1.82) is 0 Å². The summed E-state index contributed by atoms with van der Waals surface area (Å²) in [5, 5.41) is 0. The standard InChI is InChI=1S/C14H20ClNO/c1-11-8-13(5-4-12(11)9-15)16-6-7-17-10-14(16,2)3/h4-5,8H,6-7,9-10H2,1-3H3. The van der Waals surface area contributed by atoms with Gasteiger partial charge >= 0.3 is 0 Å². The molecule has 1 saturated heterocycles. The predicted octanol–water partition coefficient (Wildman–Crippen LogP) is 3.35. The molecule has 0 bridgehead atoms. The van der Waals surface area contributed by atoms with Gasteiger partial charge in [0.25, 0.3) is 0 Å². The Kier molecular flexibility index (Phi) is 3.64. The van der Waals surface area contributed by atoms with Gasteiger partial charge in [-0.05, 0) is 44.0 Å². The summed E-state index contributed by atoms with van der Waals surface area (Å²) < 4.78 is 5.55. The maximum Gasteiger partial charge on any atom is 0.0694 e. The summed E-state index contributed by atoms with van der Waals surface area (Å²) in [7, 11) is 0. The van der Waals surface area contributed by atoms with E-state index in [-0.39, 0.29) is 5.54 Å². The van der Waals surface area contributed by atoms with E-state index in [4.69, 9.17) is 16.3 Å². The molecule has 1 aliphatic heterocycles. The highest BCUT2D eigenvalue weighted by atomic mass is 35.5.